The van der Waals surface area contributed by atoms with E-state index in [1.807, 2.05) is 25.1 Å². The van der Waals surface area contributed by atoms with Crippen molar-refractivity contribution in [2.45, 2.75) is 56.2 Å². The van der Waals surface area contributed by atoms with Gasteiger partial charge in [0.05, 0.1) is 11.3 Å². The van der Waals surface area contributed by atoms with E-state index in [2.05, 4.69) is 17.4 Å². The third-order valence-corrected chi connectivity index (χ3v) is 6.06. The highest BCUT2D eigenvalue weighted by molar-refractivity contribution is 7.98. The Hall–Kier alpha value is -2.28. The van der Waals surface area contributed by atoms with E-state index >= 15 is 0 Å². The highest BCUT2D eigenvalue weighted by Crippen LogP contribution is 2.27. The minimum absolute atomic E-state index is 0.175. The molecule has 0 saturated heterocycles. The van der Waals surface area contributed by atoms with E-state index in [4.69, 9.17) is 9.26 Å². The number of carbonyl (C=O) groups excluding carboxylic acids is 2. The largest absolute Gasteiger partial charge is 0.452 e. The van der Waals surface area contributed by atoms with Gasteiger partial charge in [-0.15, -0.1) is 11.8 Å². The van der Waals surface area contributed by atoms with E-state index < -0.39 is 5.97 Å². The van der Waals surface area contributed by atoms with Gasteiger partial charge in [0.15, 0.2) is 6.61 Å². The van der Waals surface area contributed by atoms with Gasteiger partial charge in [-0.2, -0.15) is 0 Å². The summed E-state index contributed by atoms with van der Waals surface area (Å²) in [5.74, 6) is 1.07. The quantitative estimate of drug-likeness (QED) is 0.554. The molecule has 1 aliphatic rings. The molecule has 1 aliphatic carbocycles. The molecular weight excluding hydrogens is 376 g/mol. The molecule has 1 aromatic heterocycles. The van der Waals surface area contributed by atoms with Crippen molar-refractivity contribution in [1.82, 2.24) is 10.5 Å². The number of thioether (sulfide) groups is 1. The zero-order chi connectivity index (χ0) is 19.9. The SMILES string of the molecule is Cc1cc(CSc2ccccc2C(=O)OCC(=O)N[C@@H]2CCCC[C@@H]2C)no1. The van der Waals surface area contributed by atoms with Gasteiger partial charge >= 0.3 is 5.97 Å². The van der Waals surface area contributed by atoms with Crippen molar-refractivity contribution in [1.29, 1.82) is 0 Å². The van der Waals surface area contributed by atoms with Gasteiger partial charge in [-0.05, 0) is 37.8 Å². The highest BCUT2D eigenvalue weighted by Gasteiger charge is 2.23. The van der Waals surface area contributed by atoms with Gasteiger partial charge in [0.25, 0.3) is 5.91 Å². The van der Waals surface area contributed by atoms with Crippen molar-refractivity contribution in [2.24, 2.45) is 5.92 Å². The number of benzene rings is 1. The molecule has 1 aromatic carbocycles. The number of amides is 1. The zero-order valence-electron chi connectivity index (χ0n) is 16.3. The van der Waals surface area contributed by atoms with Crippen LogP contribution in [0.2, 0.25) is 0 Å². The molecule has 1 heterocycles. The van der Waals surface area contributed by atoms with Gasteiger partial charge in [0.1, 0.15) is 5.76 Å². The lowest BCUT2D eigenvalue weighted by molar-refractivity contribution is -0.125. The van der Waals surface area contributed by atoms with Crippen LogP contribution in [0, 0.1) is 12.8 Å². The summed E-state index contributed by atoms with van der Waals surface area (Å²) in [7, 11) is 0. The normalized spacial score (nSPS) is 19.2. The molecule has 150 valence electrons. The number of nitrogens with zero attached hydrogens (tertiary/aromatic N) is 1. The number of carbonyl (C=O) groups is 2. The minimum Gasteiger partial charge on any atom is -0.452 e. The van der Waals surface area contributed by atoms with Crippen LogP contribution in [0.4, 0.5) is 0 Å². The third kappa shape index (κ3) is 5.61. The van der Waals surface area contributed by atoms with Crippen molar-refractivity contribution in [3.63, 3.8) is 0 Å². The summed E-state index contributed by atoms with van der Waals surface area (Å²) in [6.07, 6.45) is 4.46. The number of rotatable bonds is 7. The molecule has 1 fully saturated rings. The number of aromatic nitrogens is 1. The molecule has 0 bridgehead atoms. The molecule has 0 spiro atoms. The van der Waals surface area contributed by atoms with Crippen LogP contribution in [0.1, 0.15) is 54.4 Å². The molecule has 0 radical (unpaired) electrons. The fraction of sp³-hybridized carbons (Fsp3) is 0.476. The Morgan fingerprint density at radius 2 is 2.07 bits per heavy atom. The molecule has 1 amide bonds. The summed E-state index contributed by atoms with van der Waals surface area (Å²) in [5, 5.41) is 6.96. The summed E-state index contributed by atoms with van der Waals surface area (Å²) in [6.45, 7) is 3.73. The predicted octanol–water partition coefficient (Wildman–Crippen LogP) is 4.13. The van der Waals surface area contributed by atoms with Crippen LogP contribution in [-0.2, 0) is 15.3 Å². The second-order valence-corrected chi connectivity index (χ2v) is 8.24. The first-order chi connectivity index (χ1) is 13.5. The number of ether oxygens (including phenoxy) is 1. The second kappa shape index (κ2) is 9.78. The second-order valence-electron chi connectivity index (χ2n) is 7.23. The van der Waals surface area contributed by atoms with Crippen molar-refractivity contribution >= 4 is 23.6 Å². The predicted molar refractivity (Wildman–Crippen MR) is 107 cm³/mol. The zero-order valence-corrected chi connectivity index (χ0v) is 17.1. The van der Waals surface area contributed by atoms with Gasteiger partial charge in [0.2, 0.25) is 0 Å². The van der Waals surface area contributed by atoms with Crippen LogP contribution < -0.4 is 5.32 Å². The maximum absolute atomic E-state index is 12.5. The summed E-state index contributed by atoms with van der Waals surface area (Å²) in [5.41, 5.74) is 1.26. The van der Waals surface area contributed by atoms with Gasteiger partial charge in [0, 0.05) is 22.8 Å². The monoisotopic (exact) mass is 402 g/mol. The minimum atomic E-state index is -0.494. The average molecular weight is 403 g/mol. The van der Waals surface area contributed by atoms with Gasteiger partial charge in [-0.25, -0.2) is 4.79 Å². The first kappa shape index (κ1) is 20.5. The van der Waals surface area contributed by atoms with Crippen LogP contribution in [-0.4, -0.2) is 29.7 Å². The Morgan fingerprint density at radius 3 is 2.82 bits per heavy atom. The lowest BCUT2D eigenvalue weighted by Crippen LogP contribution is -2.42. The number of aryl methyl sites for hydroxylation is 1. The number of hydrogen-bond donors (Lipinski definition) is 1. The van der Waals surface area contributed by atoms with E-state index in [0.29, 0.717) is 17.2 Å². The smallest absolute Gasteiger partial charge is 0.339 e. The number of esters is 1. The lowest BCUT2D eigenvalue weighted by atomic mass is 9.86. The third-order valence-electron chi connectivity index (χ3n) is 4.95. The molecule has 0 aliphatic heterocycles. The Labute approximate surface area is 169 Å². The van der Waals surface area contributed by atoms with E-state index in [0.717, 1.165) is 35.6 Å². The fourth-order valence-corrected chi connectivity index (χ4v) is 4.31. The van der Waals surface area contributed by atoms with Crippen LogP contribution in [0.3, 0.4) is 0 Å². The molecule has 28 heavy (non-hydrogen) atoms. The molecule has 2 aromatic rings. The van der Waals surface area contributed by atoms with Crippen molar-refractivity contribution in [3.05, 3.63) is 47.3 Å². The van der Waals surface area contributed by atoms with Crippen LogP contribution in [0.25, 0.3) is 0 Å². The van der Waals surface area contributed by atoms with Crippen molar-refractivity contribution in [2.75, 3.05) is 6.61 Å². The molecule has 3 rings (SSSR count). The summed E-state index contributed by atoms with van der Waals surface area (Å²) in [6, 6.07) is 9.26. The molecule has 0 unspecified atom stereocenters. The maximum atomic E-state index is 12.5. The molecular formula is C21H26N2O4S. The van der Waals surface area contributed by atoms with Gasteiger partial charge in [-0.3, -0.25) is 4.79 Å². The molecule has 6 nitrogen and oxygen atoms in total. The van der Waals surface area contributed by atoms with E-state index in [9.17, 15) is 9.59 Å². The summed E-state index contributed by atoms with van der Waals surface area (Å²) < 4.78 is 10.3. The van der Waals surface area contributed by atoms with E-state index in [-0.39, 0.29) is 18.6 Å². The van der Waals surface area contributed by atoms with Crippen molar-refractivity contribution in [3.8, 4) is 0 Å². The highest BCUT2D eigenvalue weighted by atomic mass is 32.2. The first-order valence-electron chi connectivity index (χ1n) is 9.63. The van der Waals surface area contributed by atoms with Crippen molar-refractivity contribution < 1.29 is 18.8 Å². The molecule has 1 saturated carbocycles. The van der Waals surface area contributed by atoms with Gasteiger partial charge < -0.3 is 14.6 Å². The first-order valence-corrected chi connectivity index (χ1v) is 10.6. The Morgan fingerprint density at radius 1 is 1.29 bits per heavy atom. The van der Waals surface area contributed by atoms with E-state index in [1.165, 1.54) is 18.2 Å². The molecule has 1 N–H and O–H groups in total. The Bertz CT molecular complexity index is 820. The summed E-state index contributed by atoms with van der Waals surface area (Å²) >= 11 is 1.48. The lowest BCUT2D eigenvalue weighted by Gasteiger charge is -2.29. The number of nitrogens with one attached hydrogen (secondary N) is 1. The average Bonchev–Trinajstić information content (AvgIpc) is 3.12. The Kier molecular flexibility index (Phi) is 7.14. The fourth-order valence-electron chi connectivity index (χ4n) is 3.39. The molecule has 7 heteroatoms. The van der Waals surface area contributed by atoms with Crippen LogP contribution >= 0.6 is 11.8 Å². The van der Waals surface area contributed by atoms with Gasteiger partial charge in [-0.1, -0.05) is 37.1 Å². The summed E-state index contributed by atoms with van der Waals surface area (Å²) in [4.78, 5) is 25.5. The number of hydrogen-bond acceptors (Lipinski definition) is 6. The topological polar surface area (TPSA) is 81.4 Å². The van der Waals surface area contributed by atoms with Crippen LogP contribution in [0.15, 0.2) is 39.8 Å². The Balaban J connectivity index is 1.53. The maximum Gasteiger partial charge on any atom is 0.339 e. The van der Waals surface area contributed by atoms with Crippen LogP contribution in [0.5, 0.6) is 0 Å². The van der Waals surface area contributed by atoms with E-state index in [1.54, 1.807) is 12.1 Å². The molecule has 2 atom stereocenters. The standard InChI is InChI=1S/C21H26N2O4S/c1-14-7-3-5-9-18(14)22-20(24)12-26-21(25)17-8-4-6-10-19(17)28-13-16-11-15(2)27-23-16/h4,6,8,10-11,14,18H,3,5,7,9,12-13H2,1-2H3,(H,22,24)/t14-,18+/m0/s1.